The molecular weight excluding hydrogens is 408 g/mol. The number of anilines is 2. The molecule has 0 atom stereocenters. The number of aromatic amines is 1. The average Bonchev–Trinajstić information content (AvgIpc) is 3.02. The second kappa shape index (κ2) is 9.44. The maximum absolute atomic E-state index is 12.4. The number of thioether (sulfide) groups is 1. The molecule has 0 bridgehead atoms. The van der Waals surface area contributed by atoms with Crippen LogP contribution in [0.4, 0.5) is 20.4 Å². The molecule has 4 rings (SSSR count). The Hall–Kier alpha value is -2.65. The molecule has 0 aliphatic carbocycles. The maximum atomic E-state index is 12.4. The standard InChI is InChI=1S/C21H23F2N5OS/c22-20(23)30-16-8-6-15(7-9-16)24-19(29)14-27-10-3-11-28(13-12-27)21-25-17-4-1-2-5-18(17)26-21/h1-2,4-9,20H,3,10-14H2,(H,24,29)(H,25,26). The number of rotatable bonds is 6. The summed E-state index contributed by atoms with van der Waals surface area (Å²) in [5.74, 6) is -1.70. The van der Waals surface area contributed by atoms with Crippen molar-refractivity contribution in [3.63, 3.8) is 0 Å². The SMILES string of the molecule is O=C(CN1CCCN(c2nc3ccccc3[nH]2)CC1)Nc1ccc(SC(F)F)cc1. The smallest absolute Gasteiger partial charge is 0.288 e. The van der Waals surface area contributed by atoms with Gasteiger partial charge in [0.2, 0.25) is 11.9 Å². The normalized spacial score (nSPS) is 15.5. The second-order valence-corrected chi connectivity index (χ2v) is 8.21. The number of para-hydroxylation sites is 2. The number of aromatic nitrogens is 2. The minimum Gasteiger partial charge on any atom is -0.341 e. The van der Waals surface area contributed by atoms with Crippen molar-refractivity contribution in [3.05, 3.63) is 48.5 Å². The van der Waals surface area contributed by atoms with Crippen LogP contribution in [0.15, 0.2) is 53.4 Å². The zero-order valence-corrected chi connectivity index (χ0v) is 17.2. The van der Waals surface area contributed by atoms with Crippen molar-refractivity contribution in [2.24, 2.45) is 0 Å². The fourth-order valence-electron chi connectivity index (χ4n) is 3.55. The summed E-state index contributed by atoms with van der Waals surface area (Å²) < 4.78 is 24.8. The lowest BCUT2D eigenvalue weighted by atomic mass is 10.3. The Labute approximate surface area is 177 Å². The number of carbonyl (C=O) groups is 1. The Balaban J connectivity index is 1.29. The van der Waals surface area contributed by atoms with Gasteiger partial charge < -0.3 is 15.2 Å². The molecule has 2 aromatic carbocycles. The summed E-state index contributed by atoms with van der Waals surface area (Å²) in [4.78, 5) is 25.3. The monoisotopic (exact) mass is 431 g/mol. The summed E-state index contributed by atoms with van der Waals surface area (Å²) in [6.45, 7) is 3.54. The van der Waals surface area contributed by atoms with Gasteiger partial charge in [-0.15, -0.1) is 0 Å². The molecule has 1 aliphatic heterocycles. The summed E-state index contributed by atoms with van der Waals surface area (Å²) in [6.07, 6.45) is 0.934. The van der Waals surface area contributed by atoms with Gasteiger partial charge in [0.05, 0.1) is 17.6 Å². The van der Waals surface area contributed by atoms with E-state index >= 15 is 0 Å². The van der Waals surface area contributed by atoms with Crippen LogP contribution < -0.4 is 10.2 Å². The van der Waals surface area contributed by atoms with Gasteiger partial charge in [0, 0.05) is 36.8 Å². The first-order chi connectivity index (χ1) is 14.6. The van der Waals surface area contributed by atoms with Crippen molar-refractivity contribution in [3.8, 4) is 0 Å². The number of benzene rings is 2. The number of halogens is 2. The van der Waals surface area contributed by atoms with E-state index in [1.165, 1.54) is 0 Å². The first-order valence-corrected chi connectivity index (χ1v) is 10.7. The number of alkyl halides is 2. The number of H-pyrrole nitrogens is 1. The zero-order valence-electron chi connectivity index (χ0n) is 16.4. The van der Waals surface area contributed by atoms with E-state index in [-0.39, 0.29) is 5.91 Å². The highest BCUT2D eigenvalue weighted by Gasteiger charge is 2.19. The van der Waals surface area contributed by atoms with E-state index in [1.807, 2.05) is 24.3 Å². The highest BCUT2D eigenvalue weighted by Crippen LogP contribution is 2.26. The topological polar surface area (TPSA) is 64.3 Å². The van der Waals surface area contributed by atoms with Crippen LogP contribution in [0, 0.1) is 0 Å². The predicted molar refractivity (Wildman–Crippen MR) is 116 cm³/mol. The Morgan fingerprint density at radius 3 is 2.67 bits per heavy atom. The van der Waals surface area contributed by atoms with Gasteiger partial charge in [0.15, 0.2) is 0 Å². The van der Waals surface area contributed by atoms with Gasteiger partial charge in [-0.1, -0.05) is 23.9 Å². The third kappa shape index (κ3) is 5.28. The minimum absolute atomic E-state index is 0.110. The third-order valence-electron chi connectivity index (χ3n) is 5.00. The van der Waals surface area contributed by atoms with Crippen LogP contribution in [-0.4, -0.2) is 59.3 Å². The van der Waals surface area contributed by atoms with Gasteiger partial charge >= 0.3 is 0 Å². The lowest BCUT2D eigenvalue weighted by molar-refractivity contribution is -0.117. The third-order valence-corrected chi connectivity index (χ3v) is 5.72. The molecule has 0 radical (unpaired) electrons. The van der Waals surface area contributed by atoms with Crippen LogP contribution >= 0.6 is 11.8 Å². The van der Waals surface area contributed by atoms with Crippen molar-refractivity contribution >= 4 is 40.3 Å². The van der Waals surface area contributed by atoms with Crippen molar-refractivity contribution in [2.45, 2.75) is 17.1 Å². The van der Waals surface area contributed by atoms with E-state index in [4.69, 9.17) is 0 Å². The molecule has 30 heavy (non-hydrogen) atoms. The molecule has 1 aromatic heterocycles. The van der Waals surface area contributed by atoms with Gasteiger partial charge in [0.1, 0.15) is 0 Å². The Morgan fingerprint density at radius 1 is 1.10 bits per heavy atom. The lowest BCUT2D eigenvalue weighted by Crippen LogP contribution is -2.36. The van der Waals surface area contributed by atoms with Crippen molar-refractivity contribution in [1.82, 2.24) is 14.9 Å². The van der Waals surface area contributed by atoms with Crippen LogP contribution in [0.25, 0.3) is 11.0 Å². The van der Waals surface area contributed by atoms with Gasteiger partial charge in [0.25, 0.3) is 5.76 Å². The molecule has 1 amide bonds. The predicted octanol–water partition coefficient (Wildman–Crippen LogP) is 4.03. The largest absolute Gasteiger partial charge is 0.341 e. The minimum atomic E-state index is -2.45. The second-order valence-electron chi connectivity index (χ2n) is 7.15. The molecule has 1 saturated heterocycles. The number of carbonyl (C=O) groups excluding carboxylic acids is 1. The summed E-state index contributed by atoms with van der Waals surface area (Å²) in [5, 5.41) is 2.84. The molecule has 0 saturated carbocycles. The van der Waals surface area contributed by atoms with Gasteiger partial charge in [-0.25, -0.2) is 4.98 Å². The van der Waals surface area contributed by atoms with Gasteiger partial charge in [-0.05, 0) is 42.8 Å². The van der Waals surface area contributed by atoms with E-state index in [9.17, 15) is 13.6 Å². The summed E-state index contributed by atoms with van der Waals surface area (Å²) in [6, 6.07) is 14.4. The first-order valence-electron chi connectivity index (χ1n) is 9.83. The molecule has 6 nitrogen and oxygen atoms in total. The van der Waals surface area contributed by atoms with Crippen LogP contribution in [-0.2, 0) is 4.79 Å². The molecule has 1 aliphatic rings. The molecule has 3 aromatic rings. The van der Waals surface area contributed by atoms with Crippen molar-refractivity contribution in [1.29, 1.82) is 0 Å². The molecule has 9 heteroatoms. The lowest BCUT2D eigenvalue weighted by Gasteiger charge is -2.21. The fourth-order valence-corrected chi connectivity index (χ4v) is 4.05. The van der Waals surface area contributed by atoms with E-state index in [0.29, 0.717) is 28.9 Å². The van der Waals surface area contributed by atoms with Gasteiger partial charge in [-0.3, -0.25) is 9.69 Å². The molecule has 158 valence electrons. The Kier molecular flexibility index (Phi) is 6.49. The number of nitrogens with one attached hydrogen (secondary N) is 2. The molecule has 1 fully saturated rings. The summed E-state index contributed by atoms with van der Waals surface area (Å²) >= 11 is 0.490. The van der Waals surface area contributed by atoms with Crippen LogP contribution in [0.2, 0.25) is 0 Å². The van der Waals surface area contributed by atoms with Crippen LogP contribution in [0.3, 0.4) is 0 Å². The van der Waals surface area contributed by atoms with Crippen molar-refractivity contribution < 1.29 is 13.6 Å². The van der Waals surface area contributed by atoms with E-state index < -0.39 is 5.76 Å². The summed E-state index contributed by atoms with van der Waals surface area (Å²) in [5.41, 5.74) is 2.58. The number of imidazole rings is 1. The van der Waals surface area contributed by atoms with Crippen molar-refractivity contribution in [2.75, 3.05) is 42.9 Å². The average molecular weight is 432 g/mol. The highest BCUT2D eigenvalue weighted by atomic mass is 32.2. The number of amides is 1. The number of nitrogens with zero attached hydrogens (tertiary/aromatic N) is 3. The molecule has 0 spiro atoms. The highest BCUT2D eigenvalue weighted by molar-refractivity contribution is 7.99. The molecule has 0 unspecified atom stereocenters. The number of hydrogen-bond donors (Lipinski definition) is 2. The fraction of sp³-hybridized carbons (Fsp3) is 0.333. The Bertz CT molecular complexity index is 961. The van der Waals surface area contributed by atoms with E-state index in [0.717, 1.165) is 49.6 Å². The van der Waals surface area contributed by atoms with Gasteiger partial charge in [-0.2, -0.15) is 8.78 Å². The molecular formula is C21H23F2N5OS. The number of fused-ring (bicyclic) bond motifs is 1. The van der Waals surface area contributed by atoms with Crippen LogP contribution in [0.5, 0.6) is 0 Å². The van der Waals surface area contributed by atoms with Crippen LogP contribution in [0.1, 0.15) is 6.42 Å². The first kappa shape index (κ1) is 20.6. The molecule has 2 heterocycles. The summed E-state index contributed by atoms with van der Waals surface area (Å²) in [7, 11) is 0. The number of hydrogen-bond acceptors (Lipinski definition) is 5. The Morgan fingerprint density at radius 2 is 1.90 bits per heavy atom. The maximum Gasteiger partial charge on any atom is 0.288 e. The quantitative estimate of drug-likeness (QED) is 0.577. The zero-order chi connectivity index (χ0) is 20.9. The van der Waals surface area contributed by atoms with E-state index in [1.54, 1.807) is 24.3 Å². The van der Waals surface area contributed by atoms with E-state index in [2.05, 4.69) is 25.1 Å². The molecule has 2 N–H and O–H groups in total.